The molecule has 0 aromatic heterocycles. The maximum atomic E-state index is 5.74. The van der Waals surface area contributed by atoms with E-state index in [1.807, 2.05) is 6.07 Å². The highest BCUT2D eigenvalue weighted by Gasteiger charge is 2.12. The van der Waals surface area contributed by atoms with Crippen LogP contribution in [0.3, 0.4) is 0 Å². The van der Waals surface area contributed by atoms with Crippen LogP contribution in [-0.2, 0) is 6.42 Å². The van der Waals surface area contributed by atoms with E-state index in [9.17, 15) is 0 Å². The Morgan fingerprint density at radius 3 is 2.86 bits per heavy atom. The summed E-state index contributed by atoms with van der Waals surface area (Å²) in [5.74, 6) is 0. The Hall–Kier alpha value is -1.28. The van der Waals surface area contributed by atoms with E-state index >= 15 is 0 Å². The van der Waals surface area contributed by atoms with Gasteiger partial charge in [-0.15, -0.1) is 0 Å². The van der Waals surface area contributed by atoms with E-state index in [0.717, 1.165) is 18.7 Å². The largest absolute Gasteiger partial charge is 0.399 e. The molecule has 0 aliphatic heterocycles. The first-order valence-corrected chi connectivity index (χ1v) is 4.88. The Labute approximate surface area is 85.0 Å². The van der Waals surface area contributed by atoms with Gasteiger partial charge in [0.2, 0.25) is 0 Å². The predicted molar refractivity (Wildman–Crippen MR) is 61.1 cm³/mol. The lowest BCUT2D eigenvalue weighted by atomic mass is 10.1. The van der Waals surface area contributed by atoms with Crippen molar-refractivity contribution in [1.29, 1.82) is 0 Å². The molecule has 0 amide bonds. The zero-order chi connectivity index (χ0) is 10.1. The van der Waals surface area contributed by atoms with Gasteiger partial charge >= 0.3 is 0 Å². The molecule has 2 nitrogen and oxygen atoms in total. The lowest BCUT2D eigenvalue weighted by molar-refractivity contribution is 0.444. The van der Waals surface area contributed by atoms with E-state index in [0.29, 0.717) is 0 Å². The van der Waals surface area contributed by atoms with Crippen molar-refractivity contribution in [3.05, 3.63) is 34.9 Å². The highest BCUT2D eigenvalue weighted by atomic mass is 15.0. The average molecular weight is 188 g/mol. The molecular weight excluding hydrogens is 172 g/mol. The van der Waals surface area contributed by atoms with Crippen LogP contribution in [0.25, 0.3) is 6.08 Å². The fraction of sp³-hybridized carbons (Fsp3) is 0.333. The van der Waals surface area contributed by atoms with E-state index < -0.39 is 0 Å². The van der Waals surface area contributed by atoms with Gasteiger partial charge in [0, 0.05) is 12.2 Å². The van der Waals surface area contributed by atoms with Crippen molar-refractivity contribution < 1.29 is 0 Å². The molecule has 1 aromatic carbocycles. The molecule has 1 aliphatic rings. The van der Waals surface area contributed by atoms with Crippen molar-refractivity contribution in [2.45, 2.75) is 6.42 Å². The molecule has 0 heterocycles. The highest BCUT2D eigenvalue weighted by molar-refractivity contribution is 5.66. The van der Waals surface area contributed by atoms with Crippen molar-refractivity contribution in [2.75, 3.05) is 26.4 Å². The van der Waals surface area contributed by atoms with E-state index in [4.69, 9.17) is 5.73 Å². The fourth-order valence-corrected chi connectivity index (χ4v) is 1.94. The molecular formula is C12H16N2. The van der Waals surface area contributed by atoms with Gasteiger partial charge in [-0.05, 0) is 43.8 Å². The molecule has 1 aliphatic carbocycles. The minimum absolute atomic E-state index is 0.864. The van der Waals surface area contributed by atoms with Crippen LogP contribution >= 0.6 is 0 Å². The quantitative estimate of drug-likeness (QED) is 0.717. The number of nitrogen functional groups attached to an aromatic ring is 1. The van der Waals surface area contributed by atoms with E-state index in [2.05, 4.69) is 37.2 Å². The maximum absolute atomic E-state index is 5.74. The van der Waals surface area contributed by atoms with Crippen molar-refractivity contribution in [3.8, 4) is 0 Å². The maximum Gasteiger partial charge on any atom is 0.0317 e. The third-order valence-electron chi connectivity index (χ3n) is 2.46. The summed E-state index contributed by atoms with van der Waals surface area (Å²) < 4.78 is 0. The molecule has 0 atom stereocenters. The van der Waals surface area contributed by atoms with Crippen LogP contribution in [0.4, 0.5) is 5.69 Å². The number of nitrogens with two attached hydrogens (primary N) is 1. The number of benzene rings is 1. The predicted octanol–water partition coefficient (Wildman–Crippen LogP) is 1.77. The SMILES string of the molecule is CN(C)CC1=Cc2ccc(N)cc2C1. The number of anilines is 1. The molecule has 74 valence electrons. The summed E-state index contributed by atoms with van der Waals surface area (Å²) in [6.45, 7) is 1.04. The molecule has 2 rings (SSSR count). The number of hydrogen-bond acceptors (Lipinski definition) is 2. The number of hydrogen-bond donors (Lipinski definition) is 1. The topological polar surface area (TPSA) is 29.3 Å². The molecule has 0 unspecified atom stereocenters. The first-order chi connectivity index (χ1) is 6.65. The van der Waals surface area contributed by atoms with Crippen molar-refractivity contribution >= 4 is 11.8 Å². The standard InChI is InChI=1S/C12H16N2/c1-14(2)8-9-5-10-3-4-12(13)7-11(10)6-9/h3-5,7H,6,8,13H2,1-2H3. The Kier molecular flexibility index (Phi) is 2.30. The van der Waals surface area contributed by atoms with Crippen LogP contribution in [0.2, 0.25) is 0 Å². The molecule has 0 radical (unpaired) electrons. The normalized spacial score (nSPS) is 14.4. The Morgan fingerprint density at radius 1 is 1.36 bits per heavy atom. The molecule has 0 fully saturated rings. The molecule has 2 N–H and O–H groups in total. The van der Waals surface area contributed by atoms with Gasteiger partial charge in [0.05, 0.1) is 0 Å². The minimum atomic E-state index is 0.864. The first-order valence-electron chi connectivity index (χ1n) is 4.88. The summed E-state index contributed by atoms with van der Waals surface area (Å²) >= 11 is 0. The summed E-state index contributed by atoms with van der Waals surface area (Å²) in [4.78, 5) is 2.20. The number of rotatable bonds is 2. The molecule has 0 saturated heterocycles. The van der Waals surface area contributed by atoms with Crippen LogP contribution in [0.15, 0.2) is 23.8 Å². The summed E-state index contributed by atoms with van der Waals surface area (Å²) in [5, 5.41) is 0. The van der Waals surface area contributed by atoms with Gasteiger partial charge in [0.15, 0.2) is 0 Å². The van der Waals surface area contributed by atoms with Crippen LogP contribution in [0, 0.1) is 0 Å². The minimum Gasteiger partial charge on any atom is -0.399 e. The molecule has 0 bridgehead atoms. The second kappa shape index (κ2) is 3.46. The van der Waals surface area contributed by atoms with E-state index in [1.165, 1.54) is 16.7 Å². The van der Waals surface area contributed by atoms with E-state index in [-0.39, 0.29) is 0 Å². The number of nitrogens with zero attached hydrogens (tertiary/aromatic N) is 1. The molecule has 2 heteroatoms. The average Bonchev–Trinajstić information content (AvgIpc) is 2.44. The molecule has 0 spiro atoms. The Balaban J connectivity index is 2.19. The van der Waals surface area contributed by atoms with E-state index in [1.54, 1.807) is 0 Å². The van der Waals surface area contributed by atoms with Gasteiger partial charge < -0.3 is 10.6 Å². The first kappa shape index (κ1) is 9.28. The third-order valence-corrected chi connectivity index (χ3v) is 2.46. The van der Waals surface area contributed by atoms with Crippen molar-refractivity contribution in [3.63, 3.8) is 0 Å². The fourth-order valence-electron chi connectivity index (χ4n) is 1.94. The van der Waals surface area contributed by atoms with Gasteiger partial charge in [-0.1, -0.05) is 17.7 Å². The van der Waals surface area contributed by atoms with Gasteiger partial charge in [-0.2, -0.15) is 0 Å². The smallest absolute Gasteiger partial charge is 0.0317 e. The summed E-state index contributed by atoms with van der Waals surface area (Å²) in [6.07, 6.45) is 3.33. The van der Waals surface area contributed by atoms with Crippen molar-refractivity contribution in [1.82, 2.24) is 4.90 Å². The lowest BCUT2D eigenvalue weighted by Crippen LogP contribution is -2.14. The zero-order valence-electron chi connectivity index (χ0n) is 8.75. The molecule has 14 heavy (non-hydrogen) atoms. The van der Waals surface area contributed by atoms with Crippen molar-refractivity contribution in [2.24, 2.45) is 0 Å². The summed E-state index contributed by atoms with van der Waals surface area (Å²) in [6, 6.07) is 6.15. The molecule has 0 saturated carbocycles. The third kappa shape index (κ3) is 1.80. The summed E-state index contributed by atoms with van der Waals surface area (Å²) in [7, 11) is 4.19. The van der Waals surface area contributed by atoms with Crippen LogP contribution in [0.5, 0.6) is 0 Å². The highest BCUT2D eigenvalue weighted by Crippen LogP contribution is 2.26. The van der Waals surface area contributed by atoms with Crippen LogP contribution in [-0.4, -0.2) is 25.5 Å². The number of fused-ring (bicyclic) bond motifs is 1. The Bertz CT molecular complexity index is 378. The number of likely N-dealkylation sites (N-methyl/N-ethyl adjacent to an activating group) is 1. The van der Waals surface area contributed by atoms with Gasteiger partial charge in [-0.3, -0.25) is 0 Å². The lowest BCUT2D eigenvalue weighted by Gasteiger charge is -2.09. The second-order valence-electron chi connectivity index (χ2n) is 4.18. The summed E-state index contributed by atoms with van der Waals surface area (Å²) in [5.41, 5.74) is 10.8. The van der Waals surface area contributed by atoms with Gasteiger partial charge in [0.1, 0.15) is 0 Å². The van der Waals surface area contributed by atoms with Gasteiger partial charge in [-0.25, -0.2) is 0 Å². The second-order valence-corrected chi connectivity index (χ2v) is 4.18. The monoisotopic (exact) mass is 188 g/mol. The zero-order valence-corrected chi connectivity index (χ0v) is 8.75. The van der Waals surface area contributed by atoms with Gasteiger partial charge in [0.25, 0.3) is 0 Å². The molecule has 1 aromatic rings. The van der Waals surface area contributed by atoms with Crippen LogP contribution in [0.1, 0.15) is 11.1 Å². The van der Waals surface area contributed by atoms with Crippen LogP contribution < -0.4 is 5.73 Å². The Morgan fingerprint density at radius 2 is 2.14 bits per heavy atom.